The van der Waals surface area contributed by atoms with Crippen LogP contribution in [0.5, 0.6) is 5.75 Å². The van der Waals surface area contributed by atoms with Gasteiger partial charge in [0.25, 0.3) is 0 Å². The molecule has 3 rings (SSSR count). The number of hydrogen-bond acceptors (Lipinski definition) is 3. The van der Waals surface area contributed by atoms with Crippen LogP contribution in [0.25, 0.3) is 0 Å². The topological polar surface area (TPSA) is 43.4 Å². The van der Waals surface area contributed by atoms with E-state index in [1.807, 2.05) is 6.07 Å². The number of allylic oxidation sites excluding steroid dienone is 6. The van der Waals surface area contributed by atoms with E-state index in [0.717, 1.165) is 18.4 Å². The van der Waals surface area contributed by atoms with E-state index < -0.39 is 0 Å². The first kappa shape index (κ1) is 14.5. The van der Waals surface area contributed by atoms with Crippen molar-refractivity contribution < 1.29 is 14.3 Å². The van der Waals surface area contributed by atoms with Crippen LogP contribution >= 0.6 is 0 Å². The molecule has 3 nitrogen and oxygen atoms in total. The Morgan fingerprint density at radius 3 is 3.00 bits per heavy atom. The number of esters is 1. The summed E-state index contributed by atoms with van der Waals surface area (Å²) >= 11 is 0. The van der Waals surface area contributed by atoms with Gasteiger partial charge in [-0.2, -0.15) is 0 Å². The molecule has 3 heteroatoms. The number of carbonyl (C=O) groups is 2. The van der Waals surface area contributed by atoms with Gasteiger partial charge in [0.1, 0.15) is 5.75 Å². The van der Waals surface area contributed by atoms with Crippen molar-refractivity contribution in [2.75, 3.05) is 0 Å². The Morgan fingerprint density at radius 1 is 1.32 bits per heavy atom. The molecule has 0 bridgehead atoms. The van der Waals surface area contributed by atoms with Crippen molar-refractivity contribution in [1.29, 1.82) is 0 Å². The van der Waals surface area contributed by atoms with E-state index >= 15 is 0 Å². The van der Waals surface area contributed by atoms with Gasteiger partial charge in [-0.25, -0.2) is 0 Å². The Bertz CT molecular complexity index is 707. The number of hydrogen-bond donors (Lipinski definition) is 0. The number of fused-ring (bicyclic) bond motifs is 1. The summed E-state index contributed by atoms with van der Waals surface area (Å²) in [5.41, 5.74) is 2.99. The summed E-state index contributed by atoms with van der Waals surface area (Å²) in [6, 6.07) is 5.37. The highest BCUT2D eigenvalue weighted by Crippen LogP contribution is 2.39. The van der Waals surface area contributed by atoms with Gasteiger partial charge >= 0.3 is 5.97 Å². The quantitative estimate of drug-likeness (QED) is 0.622. The lowest BCUT2D eigenvalue weighted by atomic mass is 9.93. The van der Waals surface area contributed by atoms with Crippen molar-refractivity contribution in [3.63, 3.8) is 0 Å². The maximum absolute atomic E-state index is 12.2. The molecule has 0 heterocycles. The van der Waals surface area contributed by atoms with Gasteiger partial charge in [0, 0.05) is 18.9 Å². The average Bonchev–Trinajstić information content (AvgIpc) is 2.66. The fourth-order valence-electron chi connectivity index (χ4n) is 3.03. The third-order valence-electron chi connectivity index (χ3n) is 3.99. The van der Waals surface area contributed by atoms with Gasteiger partial charge < -0.3 is 4.74 Å². The molecule has 2 aliphatic carbocycles. The third-order valence-corrected chi connectivity index (χ3v) is 3.99. The van der Waals surface area contributed by atoms with Crippen LogP contribution in [0.3, 0.4) is 0 Å². The maximum Gasteiger partial charge on any atom is 0.308 e. The highest BCUT2D eigenvalue weighted by molar-refractivity contribution is 6.01. The van der Waals surface area contributed by atoms with Crippen LogP contribution in [0.2, 0.25) is 0 Å². The van der Waals surface area contributed by atoms with Crippen LogP contribution in [-0.2, 0) is 4.79 Å². The smallest absolute Gasteiger partial charge is 0.308 e. The second-order valence-corrected chi connectivity index (χ2v) is 5.68. The number of Topliss-reactive ketones (excluding diaryl/α,β-unsaturated/α-hetero) is 1. The molecule has 22 heavy (non-hydrogen) atoms. The molecule has 1 aromatic carbocycles. The summed E-state index contributed by atoms with van der Waals surface area (Å²) in [6.45, 7) is 1.36. The molecule has 1 aromatic rings. The number of carbonyl (C=O) groups excluding carboxylic acids is 2. The first-order chi connectivity index (χ1) is 10.6. The van der Waals surface area contributed by atoms with Gasteiger partial charge in [-0.15, -0.1) is 0 Å². The van der Waals surface area contributed by atoms with Gasteiger partial charge in [-0.1, -0.05) is 36.4 Å². The molecule has 0 radical (unpaired) electrons. The molecule has 0 fully saturated rings. The molecule has 0 aliphatic heterocycles. The van der Waals surface area contributed by atoms with E-state index in [2.05, 4.69) is 30.4 Å². The van der Waals surface area contributed by atoms with Crippen LogP contribution < -0.4 is 4.74 Å². The van der Waals surface area contributed by atoms with Crippen LogP contribution in [0.4, 0.5) is 0 Å². The average molecular weight is 294 g/mol. The Morgan fingerprint density at radius 2 is 2.18 bits per heavy atom. The number of rotatable bonds is 3. The van der Waals surface area contributed by atoms with Crippen LogP contribution in [0, 0.1) is 0 Å². The summed E-state index contributed by atoms with van der Waals surface area (Å²) in [5, 5.41) is 0. The summed E-state index contributed by atoms with van der Waals surface area (Å²) < 4.78 is 5.07. The Kier molecular flexibility index (Phi) is 4.05. The minimum atomic E-state index is -0.373. The first-order valence-corrected chi connectivity index (χ1v) is 7.51. The SMILES string of the molecule is CC(=O)Oc1ccc2c(c1)C(=O)CC2CC1=CC=CCC=C1. The summed E-state index contributed by atoms with van der Waals surface area (Å²) in [7, 11) is 0. The number of benzene rings is 1. The van der Waals surface area contributed by atoms with Crippen molar-refractivity contribution in [3.8, 4) is 5.75 Å². The van der Waals surface area contributed by atoms with Crippen molar-refractivity contribution in [1.82, 2.24) is 0 Å². The highest BCUT2D eigenvalue weighted by Gasteiger charge is 2.30. The molecule has 1 unspecified atom stereocenters. The van der Waals surface area contributed by atoms with E-state index in [9.17, 15) is 9.59 Å². The van der Waals surface area contributed by atoms with Crippen LogP contribution in [-0.4, -0.2) is 11.8 Å². The number of ketones is 1. The van der Waals surface area contributed by atoms with Crippen molar-refractivity contribution in [2.45, 2.75) is 32.1 Å². The standard InChI is InChI=1S/C19H18O3/c1-13(20)22-16-8-9-17-15(11-19(21)18(17)12-16)10-14-6-4-2-3-5-7-14/h2,4-9,12,15H,3,10-11H2,1H3. The van der Waals surface area contributed by atoms with Gasteiger partial charge in [0.15, 0.2) is 5.78 Å². The molecular weight excluding hydrogens is 276 g/mol. The number of ether oxygens (including phenoxy) is 1. The zero-order valence-electron chi connectivity index (χ0n) is 12.5. The minimum Gasteiger partial charge on any atom is -0.427 e. The van der Waals surface area contributed by atoms with Crippen molar-refractivity contribution in [3.05, 3.63) is 65.3 Å². The van der Waals surface area contributed by atoms with Crippen molar-refractivity contribution >= 4 is 11.8 Å². The molecule has 0 spiro atoms. The molecule has 2 aliphatic rings. The highest BCUT2D eigenvalue weighted by atomic mass is 16.5. The second-order valence-electron chi connectivity index (χ2n) is 5.68. The van der Waals surface area contributed by atoms with Crippen LogP contribution in [0.15, 0.2) is 54.2 Å². The Hall–Kier alpha value is -2.42. The molecule has 0 saturated carbocycles. The zero-order valence-corrected chi connectivity index (χ0v) is 12.5. The second kappa shape index (κ2) is 6.14. The maximum atomic E-state index is 12.2. The summed E-state index contributed by atoms with van der Waals surface area (Å²) in [4.78, 5) is 23.3. The third kappa shape index (κ3) is 3.08. The molecule has 1 atom stereocenters. The molecule has 0 N–H and O–H groups in total. The normalized spacial score (nSPS) is 19.6. The molecule has 0 amide bonds. The van der Waals surface area contributed by atoms with E-state index in [1.54, 1.807) is 12.1 Å². The molecule has 0 aromatic heterocycles. The van der Waals surface area contributed by atoms with E-state index in [1.165, 1.54) is 12.5 Å². The van der Waals surface area contributed by atoms with Crippen LogP contribution in [0.1, 0.15) is 48.0 Å². The fraction of sp³-hybridized carbons (Fsp3) is 0.263. The van der Waals surface area contributed by atoms with E-state index in [0.29, 0.717) is 17.7 Å². The largest absolute Gasteiger partial charge is 0.427 e. The van der Waals surface area contributed by atoms with Gasteiger partial charge in [-0.3, -0.25) is 9.59 Å². The molecule has 0 saturated heterocycles. The predicted octanol–water partition coefficient (Wildman–Crippen LogP) is 4.11. The fourth-order valence-corrected chi connectivity index (χ4v) is 3.03. The van der Waals surface area contributed by atoms with Gasteiger partial charge in [-0.05, 0) is 42.0 Å². The molecular formula is C19H18O3. The lowest BCUT2D eigenvalue weighted by Gasteiger charge is -2.12. The van der Waals surface area contributed by atoms with Gasteiger partial charge in [0.2, 0.25) is 0 Å². The van der Waals surface area contributed by atoms with E-state index in [4.69, 9.17) is 4.74 Å². The van der Waals surface area contributed by atoms with Gasteiger partial charge in [0.05, 0.1) is 0 Å². The predicted molar refractivity (Wildman–Crippen MR) is 85.0 cm³/mol. The Balaban J connectivity index is 1.83. The lowest BCUT2D eigenvalue weighted by molar-refractivity contribution is -0.131. The monoisotopic (exact) mass is 294 g/mol. The molecule has 112 valence electrons. The summed E-state index contributed by atoms with van der Waals surface area (Å²) in [6.07, 6.45) is 12.9. The summed E-state index contributed by atoms with van der Waals surface area (Å²) in [5.74, 6) is 0.401. The minimum absolute atomic E-state index is 0.128. The first-order valence-electron chi connectivity index (χ1n) is 7.51. The Labute approximate surface area is 130 Å². The zero-order chi connectivity index (χ0) is 15.5. The van der Waals surface area contributed by atoms with E-state index in [-0.39, 0.29) is 17.7 Å². The van der Waals surface area contributed by atoms with Crippen molar-refractivity contribution in [2.24, 2.45) is 0 Å². The lowest BCUT2D eigenvalue weighted by Crippen LogP contribution is -2.02.